The number of nitrogens with zero attached hydrogens (tertiary/aromatic N) is 4. The topological polar surface area (TPSA) is 68.1 Å². The zero-order valence-electron chi connectivity index (χ0n) is 13.9. The molecule has 0 saturated heterocycles. The zero-order chi connectivity index (χ0) is 17.4. The Morgan fingerprint density at radius 1 is 1.33 bits per heavy atom. The van der Waals surface area contributed by atoms with E-state index in [2.05, 4.69) is 10.3 Å². The van der Waals surface area contributed by atoms with Gasteiger partial charge >= 0.3 is 0 Å². The summed E-state index contributed by atoms with van der Waals surface area (Å²) in [6.45, 7) is 5.31. The molecular weight excluding hydrogens is 311 g/mol. The number of fused-ring (bicyclic) bond motifs is 1. The molecule has 0 radical (unpaired) electrons. The number of carbonyl (C=O) groups is 2. The number of hydrogen-bond donors (Lipinski definition) is 0. The van der Waals surface area contributed by atoms with E-state index >= 15 is 0 Å². The quantitative estimate of drug-likeness (QED) is 0.809. The fourth-order valence-electron chi connectivity index (χ4n) is 3.33. The maximum atomic E-state index is 13.4. The standard InChI is InChI=1S/C17H19FN4O2/c1-10-6-13-7-14(18)4-5-15(13)11(2)22(10)17(24)9-21-8-16(12(3)23)19-20-21/h4-5,7-8,10-11H,6,9H2,1-3H3. The first-order chi connectivity index (χ1) is 11.4. The second kappa shape index (κ2) is 6.14. The number of carbonyl (C=O) groups excluding carboxylic acids is 2. The Kier molecular flexibility index (Phi) is 4.17. The van der Waals surface area contributed by atoms with Crippen LogP contribution in [0.5, 0.6) is 0 Å². The fourth-order valence-corrected chi connectivity index (χ4v) is 3.33. The summed E-state index contributed by atoms with van der Waals surface area (Å²) in [6.07, 6.45) is 2.09. The van der Waals surface area contributed by atoms with E-state index in [1.807, 2.05) is 13.8 Å². The van der Waals surface area contributed by atoms with Crippen LogP contribution in [0.3, 0.4) is 0 Å². The summed E-state index contributed by atoms with van der Waals surface area (Å²) in [4.78, 5) is 25.8. The van der Waals surface area contributed by atoms with Crippen LogP contribution < -0.4 is 0 Å². The predicted octanol–water partition coefficient (Wildman–Crippen LogP) is 2.15. The molecule has 126 valence electrons. The lowest BCUT2D eigenvalue weighted by molar-refractivity contribution is -0.137. The minimum Gasteiger partial charge on any atom is -0.331 e. The van der Waals surface area contributed by atoms with Crippen LogP contribution in [0.2, 0.25) is 0 Å². The van der Waals surface area contributed by atoms with Crippen molar-refractivity contribution in [2.24, 2.45) is 0 Å². The van der Waals surface area contributed by atoms with Gasteiger partial charge in [-0.1, -0.05) is 11.3 Å². The van der Waals surface area contributed by atoms with Gasteiger partial charge in [-0.2, -0.15) is 0 Å². The highest BCUT2D eigenvalue weighted by atomic mass is 19.1. The molecule has 0 spiro atoms. The van der Waals surface area contributed by atoms with E-state index in [1.165, 1.54) is 23.9 Å². The Bertz CT molecular complexity index is 802. The molecule has 6 nitrogen and oxygen atoms in total. The molecule has 3 rings (SSSR count). The minimum absolute atomic E-state index is 0.0193. The molecule has 0 saturated carbocycles. The van der Waals surface area contributed by atoms with Crippen molar-refractivity contribution in [3.63, 3.8) is 0 Å². The largest absolute Gasteiger partial charge is 0.331 e. The second-order valence-corrected chi connectivity index (χ2v) is 6.23. The van der Waals surface area contributed by atoms with Gasteiger partial charge < -0.3 is 4.90 Å². The highest BCUT2D eigenvalue weighted by Crippen LogP contribution is 2.33. The first kappa shape index (κ1) is 16.3. The molecule has 0 fully saturated rings. The van der Waals surface area contributed by atoms with Crippen molar-refractivity contribution in [3.05, 3.63) is 47.0 Å². The van der Waals surface area contributed by atoms with E-state index < -0.39 is 0 Å². The van der Waals surface area contributed by atoms with Crippen molar-refractivity contribution in [2.45, 2.75) is 45.8 Å². The van der Waals surface area contributed by atoms with Crippen LogP contribution in [0.4, 0.5) is 4.39 Å². The average Bonchev–Trinajstić information content (AvgIpc) is 2.95. The number of halogens is 1. The van der Waals surface area contributed by atoms with Crippen LogP contribution in [0.25, 0.3) is 0 Å². The molecule has 24 heavy (non-hydrogen) atoms. The number of ketones is 1. The summed E-state index contributed by atoms with van der Waals surface area (Å²) in [5.74, 6) is -0.554. The maximum Gasteiger partial charge on any atom is 0.245 e. The lowest BCUT2D eigenvalue weighted by atomic mass is 9.89. The summed E-state index contributed by atoms with van der Waals surface area (Å²) in [5, 5.41) is 7.58. The van der Waals surface area contributed by atoms with Crippen molar-refractivity contribution in [3.8, 4) is 0 Å². The molecular formula is C17H19FN4O2. The molecule has 2 aromatic rings. The fraction of sp³-hybridized carbons (Fsp3) is 0.412. The second-order valence-electron chi connectivity index (χ2n) is 6.23. The Labute approximate surface area is 139 Å². The van der Waals surface area contributed by atoms with Gasteiger partial charge in [0.15, 0.2) is 5.78 Å². The molecule has 2 atom stereocenters. The van der Waals surface area contributed by atoms with E-state index in [1.54, 1.807) is 17.0 Å². The highest BCUT2D eigenvalue weighted by molar-refractivity contribution is 5.91. The summed E-state index contributed by atoms with van der Waals surface area (Å²) < 4.78 is 14.8. The SMILES string of the molecule is CC(=O)c1cn(CC(=O)N2C(C)Cc3cc(F)ccc3C2C)nn1. The number of Topliss-reactive ketones (excluding diaryl/α,β-unsaturated/α-hetero) is 1. The average molecular weight is 330 g/mol. The van der Waals surface area contributed by atoms with E-state index in [0.717, 1.165) is 11.1 Å². The number of benzene rings is 1. The predicted molar refractivity (Wildman–Crippen MR) is 84.9 cm³/mol. The van der Waals surface area contributed by atoms with Gasteiger partial charge in [-0.3, -0.25) is 9.59 Å². The van der Waals surface area contributed by atoms with Crippen LogP contribution in [0.1, 0.15) is 48.4 Å². The molecule has 7 heteroatoms. The first-order valence-electron chi connectivity index (χ1n) is 7.87. The van der Waals surface area contributed by atoms with Gasteiger partial charge in [-0.15, -0.1) is 5.10 Å². The van der Waals surface area contributed by atoms with Gasteiger partial charge in [0.2, 0.25) is 5.91 Å². The molecule has 1 aliphatic heterocycles. The van der Waals surface area contributed by atoms with E-state index in [-0.39, 0.29) is 41.8 Å². The van der Waals surface area contributed by atoms with Gasteiger partial charge in [0.1, 0.15) is 18.1 Å². The molecule has 2 heterocycles. The third kappa shape index (κ3) is 2.93. The van der Waals surface area contributed by atoms with Crippen molar-refractivity contribution < 1.29 is 14.0 Å². The van der Waals surface area contributed by atoms with E-state index in [0.29, 0.717) is 6.42 Å². The normalized spacial score (nSPS) is 19.9. The van der Waals surface area contributed by atoms with Crippen LogP contribution >= 0.6 is 0 Å². The van der Waals surface area contributed by atoms with Crippen LogP contribution in [-0.2, 0) is 17.8 Å². The Hall–Kier alpha value is -2.57. The summed E-state index contributed by atoms with van der Waals surface area (Å²) >= 11 is 0. The first-order valence-corrected chi connectivity index (χ1v) is 7.87. The van der Waals surface area contributed by atoms with Gasteiger partial charge in [0.25, 0.3) is 0 Å². The van der Waals surface area contributed by atoms with Crippen LogP contribution in [-0.4, -0.2) is 37.6 Å². The molecule has 0 bridgehead atoms. The summed E-state index contributed by atoms with van der Waals surface area (Å²) in [7, 11) is 0. The summed E-state index contributed by atoms with van der Waals surface area (Å²) in [5.41, 5.74) is 2.15. The van der Waals surface area contributed by atoms with Gasteiger partial charge in [0, 0.05) is 13.0 Å². The lowest BCUT2D eigenvalue weighted by Gasteiger charge is -2.40. The number of aromatic nitrogens is 3. The molecule has 0 aliphatic carbocycles. The highest BCUT2D eigenvalue weighted by Gasteiger charge is 2.33. The van der Waals surface area contributed by atoms with Crippen LogP contribution in [0.15, 0.2) is 24.4 Å². The molecule has 2 unspecified atom stereocenters. The minimum atomic E-state index is -0.257. The number of rotatable bonds is 3. The monoisotopic (exact) mass is 330 g/mol. The van der Waals surface area contributed by atoms with E-state index in [4.69, 9.17) is 0 Å². The molecule has 1 aromatic heterocycles. The Morgan fingerprint density at radius 3 is 2.75 bits per heavy atom. The Morgan fingerprint density at radius 2 is 2.08 bits per heavy atom. The lowest BCUT2D eigenvalue weighted by Crippen LogP contribution is -2.46. The smallest absolute Gasteiger partial charge is 0.245 e. The molecule has 1 amide bonds. The van der Waals surface area contributed by atoms with E-state index in [9.17, 15) is 14.0 Å². The van der Waals surface area contributed by atoms with Crippen LogP contribution in [0, 0.1) is 5.82 Å². The van der Waals surface area contributed by atoms with Gasteiger partial charge in [-0.05, 0) is 43.5 Å². The molecule has 0 N–H and O–H groups in total. The molecule has 1 aliphatic rings. The van der Waals surface area contributed by atoms with Crippen molar-refractivity contribution >= 4 is 11.7 Å². The summed E-state index contributed by atoms with van der Waals surface area (Å²) in [6, 6.07) is 4.51. The number of amides is 1. The third-order valence-corrected chi connectivity index (χ3v) is 4.45. The Balaban J connectivity index is 1.81. The van der Waals surface area contributed by atoms with Crippen molar-refractivity contribution in [1.82, 2.24) is 19.9 Å². The third-order valence-electron chi connectivity index (χ3n) is 4.45. The van der Waals surface area contributed by atoms with Crippen molar-refractivity contribution in [1.29, 1.82) is 0 Å². The zero-order valence-corrected chi connectivity index (χ0v) is 13.9. The van der Waals surface area contributed by atoms with Gasteiger partial charge in [0.05, 0.1) is 12.2 Å². The van der Waals surface area contributed by atoms with Gasteiger partial charge in [-0.25, -0.2) is 9.07 Å². The maximum absolute atomic E-state index is 13.4. The number of hydrogen-bond acceptors (Lipinski definition) is 4. The molecule has 1 aromatic carbocycles. The van der Waals surface area contributed by atoms with Crippen molar-refractivity contribution in [2.75, 3.05) is 0 Å².